The number of methoxy groups -OCH3 is 4. The molecule has 0 unspecified atom stereocenters. The first-order chi connectivity index (χ1) is 9.12. The third-order valence-corrected chi connectivity index (χ3v) is 2.75. The van der Waals surface area contributed by atoms with E-state index in [9.17, 15) is 4.79 Å². The SMILES string of the molecule is COC(=O)N(CC(OC)(OC)OC)c1ccccc1. The lowest BCUT2D eigenvalue weighted by molar-refractivity contribution is -0.344. The predicted octanol–water partition coefficient (Wildman–Crippen LogP) is 1.85. The zero-order valence-corrected chi connectivity index (χ0v) is 11.6. The van der Waals surface area contributed by atoms with Gasteiger partial charge >= 0.3 is 12.1 Å². The highest BCUT2D eigenvalue weighted by molar-refractivity contribution is 5.87. The van der Waals surface area contributed by atoms with Gasteiger partial charge in [-0.15, -0.1) is 0 Å². The number of ether oxygens (including phenoxy) is 4. The summed E-state index contributed by atoms with van der Waals surface area (Å²) in [6.07, 6.45) is -0.526. The van der Waals surface area contributed by atoms with Crippen LogP contribution in [0.1, 0.15) is 0 Å². The minimum absolute atomic E-state index is 0.0349. The molecule has 1 amide bonds. The normalized spacial score (nSPS) is 11.2. The summed E-state index contributed by atoms with van der Waals surface area (Å²) >= 11 is 0. The Hall–Kier alpha value is -1.63. The zero-order valence-electron chi connectivity index (χ0n) is 11.6. The van der Waals surface area contributed by atoms with Crippen LogP contribution < -0.4 is 4.90 Å². The van der Waals surface area contributed by atoms with E-state index < -0.39 is 12.1 Å². The van der Waals surface area contributed by atoms with E-state index in [4.69, 9.17) is 18.9 Å². The molecule has 0 aliphatic heterocycles. The van der Waals surface area contributed by atoms with E-state index in [1.54, 1.807) is 12.1 Å². The molecule has 0 saturated carbocycles. The van der Waals surface area contributed by atoms with Crippen LogP contribution in [0.15, 0.2) is 30.3 Å². The van der Waals surface area contributed by atoms with Crippen molar-refractivity contribution in [3.8, 4) is 0 Å². The highest BCUT2D eigenvalue weighted by Gasteiger charge is 2.35. The lowest BCUT2D eigenvalue weighted by Crippen LogP contribution is -2.49. The molecule has 0 aliphatic carbocycles. The lowest BCUT2D eigenvalue weighted by Gasteiger charge is -2.33. The number of hydrogen-bond acceptors (Lipinski definition) is 5. The van der Waals surface area contributed by atoms with Gasteiger partial charge in [0.1, 0.15) is 6.54 Å². The molecule has 0 saturated heterocycles. The number of hydrogen-bond donors (Lipinski definition) is 0. The van der Waals surface area contributed by atoms with Crippen molar-refractivity contribution < 1.29 is 23.7 Å². The van der Waals surface area contributed by atoms with E-state index in [0.717, 1.165) is 0 Å². The van der Waals surface area contributed by atoms with Crippen LogP contribution in [0.5, 0.6) is 0 Å². The summed E-state index contributed by atoms with van der Waals surface area (Å²) in [5, 5.41) is 0. The monoisotopic (exact) mass is 269 g/mol. The molecular weight excluding hydrogens is 250 g/mol. The van der Waals surface area contributed by atoms with Crippen LogP contribution >= 0.6 is 0 Å². The zero-order chi connectivity index (χ0) is 14.3. The van der Waals surface area contributed by atoms with Crippen molar-refractivity contribution in [1.82, 2.24) is 0 Å². The molecule has 0 radical (unpaired) electrons. The maximum absolute atomic E-state index is 11.9. The van der Waals surface area contributed by atoms with Gasteiger partial charge < -0.3 is 18.9 Å². The minimum atomic E-state index is -1.34. The summed E-state index contributed by atoms with van der Waals surface area (Å²) < 4.78 is 20.3. The van der Waals surface area contributed by atoms with E-state index in [1.165, 1.54) is 33.3 Å². The van der Waals surface area contributed by atoms with E-state index in [-0.39, 0.29) is 6.54 Å². The van der Waals surface area contributed by atoms with Crippen molar-refractivity contribution in [2.24, 2.45) is 0 Å². The van der Waals surface area contributed by atoms with Crippen molar-refractivity contribution in [1.29, 1.82) is 0 Å². The van der Waals surface area contributed by atoms with Gasteiger partial charge in [0.05, 0.1) is 7.11 Å². The number of carbonyl (C=O) groups is 1. The molecule has 6 nitrogen and oxygen atoms in total. The Bertz CT molecular complexity index is 383. The molecule has 0 aliphatic rings. The van der Waals surface area contributed by atoms with Crippen LogP contribution in [0.3, 0.4) is 0 Å². The van der Waals surface area contributed by atoms with Crippen molar-refractivity contribution in [2.45, 2.75) is 5.97 Å². The van der Waals surface area contributed by atoms with Crippen molar-refractivity contribution in [3.05, 3.63) is 30.3 Å². The first-order valence-corrected chi connectivity index (χ1v) is 5.68. The van der Waals surface area contributed by atoms with Gasteiger partial charge in [-0.05, 0) is 12.1 Å². The first kappa shape index (κ1) is 15.4. The smallest absolute Gasteiger partial charge is 0.414 e. The van der Waals surface area contributed by atoms with E-state index in [2.05, 4.69) is 0 Å². The molecule has 1 aromatic rings. The minimum Gasteiger partial charge on any atom is -0.452 e. The second kappa shape index (κ2) is 7.08. The molecule has 0 heterocycles. The number of para-hydroxylation sites is 1. The fourth-order valence-corrected chi connectivity index (χ4v) is 1.62. The molecule has 0 spiro atoms. The standard InChI is InChI=1S/C13H19NO5/c1-16-12(15)14(11-8-6-5-7-9-11)10-13(17-2,18-3)19-4/h5-9H,10H2,1-4H3. The molecule has 6 heteroatoms. The number of benzene rings is 1. The molecule has 0 atom stereocenters. The molecule has 1 rings (SSSR count). The third kappa shape index (κ3) is 3.66. The number of anilines is 1. The van der Waals surface area contributed by atoms with Crippen LogP contribution in [0.25, 0.3) is 0 Å². The fraction of sp³-hybridized carbons (Fsp3) is 0.462. The Morgan fingerprint density at radius 1 is 1.05 bits per heavy atom. The second-order valence-corrected chi connectivity index (χ2v) is 3.69. The third-order valence-electron chi connectivity index (χ3n) is 2.75. The van der Waals surface area contributed by atoms with Crippen molar-refractivity contribution >= 4 is 11.8 Å². The maximum atomic E-state index is 11.9. The predicted molar refractivity (Wildman–Crippen MR) is 70.0 cm³/mol. The molecular formula is C13H19NO5. The summed E-state index contributed by atoms with van der Waals surface area (Å²) in [6, 6.07) is 9.05. The number of carbonyl (C=O) groups excluding carboxylic acids is 1. The Morgan fingerprint density at radius 2 is 1.58 bits per heavy atom. The molecule has 106 valence electrons. The quantitative estimate of drug-likeness (QED) is 0.738. The molecule has 0 bridgehead atoms. The van der Waals surface area contributed by atoms with Crippen LogP contribution in [-0.4, -0.2) is 47.1 Å². The molecule has 0 N–H and O–H groups in total. The Morgan fingerprint density at radius 3 is 2.00 bits per heavy atom. The Balaban J connectivity index is 3.02. The lowest BCUT2D eigenvalue weighted by atomic mass is 10.3. The van der Waals surface area contributed by atoms with Gasteiger partial charge in [0.15, 0.2) is 0 Å². The van der Waals surface area contributed by atoms with Gasteiger partial charge in [0.2, 0.25) is 0 Å². The number of rotatable bonds is 6. The van der Waals surface area contributed by atoms with Crippen molar-refractivity contribution in [3.63, 3.8) is 0 Å². The molecule has 19 heavy (non-hydrogen) atoms. The van der Waals surface area contributed by atoms with Gasteiger partial charge in [-0.25, -0.2) is 4.79 Å². The first-order valence-electron chi connectivity index (χ1n) is 5.68. The average Bonchev–Trinajstić information content (AvgIpc) is 2.49. The summed E-state index contributed by atoms with van der Waals surface area (Å²) in [5.74, 6) is -1.34. The van der Waals surface area contributed by atoms with Gasteiger partial charge in [-0.3, -0.25) is 4.90 Å². The largest absolute Gasteiger partial charge is 0.452 e. The van der Waals surface area contributed by atoms with Gasteiger partial charge in [-0.1, -0.05) is 18.2 Å². The van der Waals surface area contributed by atoms with Crippen LogP contribution in [-0.2, 0) is 18.9 Å². The number of nitrogens with zero attached hydrogens (tertiary/aromatic N) is 1. The van der Waals surface area contributed by atoms with Gasteiger partial charge in [0.25, 0.3) is 0 Å². The highest BCUT2D eigenvalue weighted by Crippen LogP contribution is 2.21. The molecule has 0 fully saturated rings. The molecule has 0 aromatic heterocycles. The molecule has 1 aromatic carbocycles. The highest BCUT2D eigenvalue weighted by atomic mass is 16.9. The summed E-state index contributed by atoms with van der Waals surface area (Å²) in [5.41, 5.74) is 0.657. The Kier molecular flexibility index (Phi) is 5.75. The second-order valence-electron chi connectivity index (χ2n) is 3.69. The summed E-state index contributed by atoms with van der Waals surface area (Å²) in [6.45, 7) is 0.0349. The van der Waals surface area contributed by atoms with E-state index in [0.29, 0.717) is 5.69 Å². The van der Waals surface area contributed by atoms with Gasteiger partial charge in [-0.2, -0.15) is 0 Å². The topological polar surface area (TPSA) is 57.2 Å². The van der Waals surface area contributed by atoms with Crippen LogP contribution in [0.4, 0.5) is 10.5 Å². The van der Waals surface area contributed by atoms with Gasteiger partial charge in [0, 0.05) is 27.0 Å². The summed E-state index contributed by atoms with van der Waals surface area (Å²) in [4.78, 5) is 13.2. The number of amides is 1. The van der Waals surface area contributed by atoms with Crippen LogP contribution in [0.2, 0.25) is 0 Å². The maximum Gasteiger partial charge on any atom is 0.414 e. The summed E-state index contributed by atoms with van der Waals surface area (Å²) in [7, 11) is 5.63. The fourth-order valence-electron chi connectivity index (χ4n) is 1.62. The Labute approximate surface area is 112 Å². The van der Waals surface area contributed by atoms with E-state index >= 15 is 0 Å². The average molecular weight is 269 g/mol. The van der Waals surface area contributed by atoms with Crippen molar-refractivity contribution in [2.75, 3.05) is 39.9 Å². The van der Waals surface area contributed by atoms with E-state index in [1.807, 2.05) is 18.2 Å². The van der Waals surface area contributed by atoms with Crippen LogP contribution in [0, 0.1) is 0 Å².